The first-order valence-electron chi connectivity index (χ1n) is 6.24. The standard InChI is InChI=1S/C16H11Cl2N3S/c17-11-4-6-13(14(18)8-11)15-7-5-12(21-15)3-1-2-10(9-19)16(20)22/h1-8,21H,(H2,20,22)/b3-1+,10-2-. The molecular weight excluding hydrogens is 337 g/mol. The molecule has 1 heterocycles. The van der Waals surface area contributed by atoms with Crippen molar-refractivity contribution in [2.24, 2.45) is 5.73 Å². The third-order valence-electron chi connectivity index (χ3n) is 2.85. The van der Waals surface area contributed by atoms with Crippen LogP contribution in [-0.4, -0.2) is 9.97 Å². The molecule has 2 rings (SSSR count). The number of nitriles is 1. The van der Waals surface area contributed by atoms with Crippen LogP contribution >= 0.6 is 35.4 Å². The van der Waals surface area contributed by atoms with E-state index >= 15 is 0 Å². The van der Waals surface area contributed by atoms with E-state index in [1.54, 1.807) is 24.3 Å². The second-order valence-corrected chi connectivity index (χ2v) is 5.65. The van der Waals surface area contributed by atoms with E-state index in [1.165, 1.54) is 0 Å². The highest BCUT2D eigenvalue weighted by Gasteiger charge is 2.05. The summed E-state index contributed by atoms with van der Waals surface area (Å²) in [5, 5.41) is 10.0. The number of benzene rings is 1. The molecule has 0 aliphatic rings. The van der Waals surface area contributed by atoms with Gasteiger partial charge in [-0.15, -0.1) is 0 Å². The molecule has 2 aromatic rings. The van der Waals surface area contributed by atoms with Gasteiger partial charge in [0, 0.05) is 22.0 Å². The molecule has 0 bridgehead atoms. The summed E-state index contributed by atoms with van der Waals surface area (Å²) in [6.07, 6.45) is 5.08. The summed E-state index contributed by atoms with van der Waals surface area (Å²) in [4.78, 5) is 3.30. The van der Waals surface area contributed by atoms with Gasteiger partial charge in [-0.1, -0.05) is 41.5 Å². The quantitative estimate of drug-likeness (QED) is 0.363. The zero-order valence-corrected chi connectivity index (χ0v) is 13.6. The molecule has 6 heteroatoms. The molecule has 1 aromatic carbocycles. The number of halogens is 2. The first-order valence-corrected chi connectivity index (χ1v) is 7.40. The fourth-order valence-corrected chi connectivity index (χ4v) is 2.42. The molecule has 0 unspecified atom stereocenters. The lowest BCUT2D eigenvalue weighted by Gasteiger charge is -2.02. The van der Waals surface area contributed by atoms with E-state index < -0.39 is 0 Å². The number of nitrogens with zero attached hydrogens (tertiary/aromatic N) is 1. The second kappa shape index (κ2) is 7.28. The molecular formula is C16H11Cl2N3S. The number of hydrogen-bond donors (Lipinski definition) is 2. The number of allylic oxidation sites excluding steroid dienone is 2. The van der Waals surface area contributed by atoms with Crippen LogP contribution in [0, 0.1) is 11.3 Å². The minimum atomic E-state index is 0.0762. The van der Waals surface area contributed by atoms with Crippen molar-refractivity contribution < 1.29 is 0 Å². The van der Waals surface area contributed by atoms with Gasteiger partial charge in [0.1, 0.15) is 11.1 Å². The van der Waals surface area contributed by atoms with Gasteiger partial charge in [0.2, 0.25) is 0 Å². The van der Waals surface area contributed by atoms with E-state index in [4.69, 9.17) is 46.4 Å². The van der Waals surface area contributed by atoms with Gasteiger partial charge in [0.25, 0.3) is 0 Å². The van der Waals surface area contributed by atoms with Crippen molar-refractivity contribution in [1.82, 2.24) is 4.98 Å². The van der Waals surface area contributed by atoms with Crippen molar-refractivity contribution in [3.63, 3.8) is 0 Å². The first-order chi connectivity index (χ1) is 10.5. The summed E-state index contributed by atoms with van der Waals surface area (Å²) in [6.45, 7) is 0. The van der Waals surface area contributed by atoms with Crippen LogP contribution in [0.3, 0.4) is 0 Å². The lowest BCUT2D eigenvalue weighted by Crippen LogP contribution is -2.09. The highest BCUT2D eigenvalue weighted by Crippen LogP contribution is 2.29. The van der Waals surface area contributed by atoms with Gasteiger partial charge >= 0.3 is 0 Å². The molecule has 0 spiro atoms. The van der Waals surface area contributed by atoms with E-state index in [2.05, 4.69) is 4.98 Å². The van der Waals surface area contributed by atoms with Crippen molar-refractivity contribution in [2.45, 2.75) is 0 Å². The number of nitrogens with one attached hydrogen (secondary N) is 1. The maximum atomic E-state index is 8.85. The minimum absolute atomic E-state index is 0.0762. The summed E-state index contributed by atoms with van der Waals surface area (Å²) in [7, 11) is 0. The van der Waals surface area contributed by atoms with Crippen LogP contribution in [-0.2, 0) is 0 Å². The van der Waals surface area contributed by atoms with Gasteiger partial charge in [-0.05, 0) is 42.5 Å². The molecule has 0 aliphatic heterocycles. The molecule has 0 aliphatic carbocycles. The number of aromatic amines is 1. The van der Waals surface area contributed by atoms with E-state index in [0.717, 1.165) is 17.0 Å². The second-order valence-electron chi connectivity index (χ2n) is 4.37. The summed E-state index contributed by atoms with van der Waals surface area (Å²) in [5.41, 5.74) is 8.27. The van der Waals surface area contributed by atoms with Crippen LogP contribution in [0.15, 0.2) is 48.1 Å². The molecule has 3 nitrogen and oxygen atoms in total. The Kier molecular flexibility index (Phi) is 5.40. The zero-order chi connectivity index (χ0) is 16.1. The SMILES string of the molecule is N#C/C(=C/C=C/c1ccc(-c2ccc(Cl)cc2Cl)[nH]1)C(N)=S. The van der Waals surface area contributed by atoms with Crippen LogP contribution in [0.1, 0.15) is 5.69 Å². The zero-order valence-electron chi connectivity index (χ0n) is 11.3. The van der Waals surface area contributed by atoms with Crippen LogP contribution < -0.4 is 5.73 Å². The lowest BCUT2D eigenvalue weighted by atomic mass is 10.1. The highest BCUT2D eigenvalue weighted by molar-refractivity contribution is 7.80. The molecule has 0 saturated heterocycles. The Morgan fingerprint density at radius 1 is 1.27 bits per heavy atom. The summed E-state index contributed by atoms with van der Waals surface area (Å²) in [5.74, 6) is 0. The fourth-order valence-electron chi connectivity index (χ4n) is 1.80. The Hall–Kier alpha value is -2.06. The molecule has 0 atom stereocenters. The third kappa shape index (κ3) is 3.99. The van der Waals surface area contributed by atoms with Gasteiger partial charge in [0.15, 0.2) is 0 Å². The molecule has 0 amide bonds. The maximum absolute atomic E-state index is 8.85. The van der Waals surface area contributed by atoms with Gasteiger partial charge in [-0.2, -0.15) is 5.26 Å². The smallest absolute Gasteiger partial charge is 0.114 e. The van der Waals surface area contributed by atoms with Crippen molar-refractivity contribution in [3.05, 3.63) is 63.8 Å². The predicted octanol–water partition coefficient (Wildman–Crippen LogP) is 4.74. The number of nitrogens with two attached hydrogens (primary N) is 1. The summed E-state index contributed by atoms with van der Waals surface area (Å²) in [6, 6.07) is 11.1. The first kappa shape index (κ1) is 16.3. The van der Waals surface area contributed by atoms with Gasteiger partial charge in [-0.3, -0.25) is 0 Å². The van der Waals surface area contributed by atoms with Crippen LogP contribution in [0.2, 0.25) is 10.0 Å². The molecule has 0 saturated carbocycles. The molecule has 0 fully saturated rings. The van der Waals surface area contributed by atoms with Crippen molar-refractivity contribution in [1.29, 1.82) is 5.26 Å². The molecule has 1 aromatic heterocycles. The summed E-state index contributed by atoms with van der Waals surface area (Å²) >= 11 is 16.8. The van der Waals surface area contributed by atoms with Crippen molar-refractivity contribution in [2.75, 3.05) is 0 Å². The van der Waals surface area contributed by atoms with Gasteiger partial charge in [-0.25, -0.2) is 0 Å². The number of H-pyrrole nitrogens is 1. The molecule has 110 valence electrons. The predicted molar refractivity (Wildman–Crippen MR) is 95.8 cm³/mol. The monoisotopic (exact) mass is 347 g/mol. The number of aromatic nitrogens is 1. The Labute approximate surface area is 143 Å². The Morgan fingerprint density at radius 2 is 2.05 bits per heavy atom. The fraction of sp³-hybridized carbons (Fsp3) is 0. The molecule has 0 radical (unpaired) electrons. The average Bonchev–Trinajstić information content (AvgIpc) is 2.91. The van der Waals surface area contributed by atoms with E-state index in [9.17, 15) is 0 Å². The largest absolute Gasteiger partial charge is 0.389 e. The van der Waals surface area contributed by atoms with E-state index in [0.29, 0.717) is 10.0 Å². The maximum Gasteiger partial charge on any atom is 0.114 e. The minimum Gasteiger partial charge on any atom is -0.389 e. The van der Waals surface area contributed by atoms with Gasteiger partial charge in [0.05, 0.1) is 10.6 Å². The number of hydrogen-bond acceptors (Lipinski definition) is 2. The number of thiocarbonyl (C=S) groups is 1. The third-order valence-corrected chi connectivity index (χ3v) is 3.62. The van der Waals surface area contributed by atoms with E-state index in [-0.39, 0.29) is 10.6 Å². The Balaban J connectivity index is 2.22. The van der Waals surface area contributed by atoms with Crippen LogP contribution in [0.5, 0.6) is 0 Å². The van der Waals surface area contributed by atoms with E-state index in [1.807, 2.05) is 30.3 Å². The highest BCUT2D eigenvalue weighted by atomic mass is 35.5. The summed E-state index contributed by atoms with van der Waals surface area (Å²) < 4.78 is 0. The van der Waals surface area contributed by atoms with Crippen molar-refractivity contribution >= 4 is 46.5 Å². The topological polar surface area (TPSA) is 65.6 Å². The Morgan fingerprint density at radius 3 is 2.68 bits per heavy atom. The molecule has 22 heavy (non-hydrogen) atoms. The molecule has 3 N–H and O–H groups in total. The van der Waals surface area contributed by atoms with Crippen molar-refractivity contribution in [3.8, 4) is 17.3 Å². The normalized spacial score (nSPS) is 11.6. The number of rotatable bonds is 4. The van der Waals surface area contributed by atoms with Gasteiger partial charge < -0.3 is 10.7 Å². The van der Waals surface area contributed by atoms with Crippen LogP contribution in [0.25, 0.3) is 17.3 Å². The average molecular weight is 348 g/mol. The lowest BCUT2D eigenvalue weighted by molar-refractivity contribution is 1.37. The Bertz CT molecular complexity index is 813. The van der Waals surface area contributed by atoms with Crippen LogP contribution in [0.4, 0.5) is 0 Å².